The Labute approximate surface area is 144 Å². The number of ketones is 1. The van der Waals surface area contributed by atoms with Gasteiger partial charge in [-0.1, -0.05) is 23.4 Å². The fourth-order valence-corrected chi connectivity index (χ4v) is 2.66. The minimum atomic E-state index is 0.0504. The van der Waals surface area contributed by atoms with E-state index in [1.54, 1.807) is 24.0 Å². The summed E-state index contributed by atoms with van der Waals surface area (Å²) in [5.74, 6) is 0.730. The number of benzene rings is 2. The van der Waals surface area contributed by atoms with Crippen LogP contribution in [0.1, 0.15) is 17.3 Å². The molecule has 1 N–H and O–H groups in total. The van der Waals surface area contributed by atoms with Crippen LogP contribution in [-0.4, -0.2) is 25.8 Å². The number of Topliss-reactive ketones (excluding diaryl/α,β-unsaturated/α-hetero) is 1. The first kappa shape index (κ1) is 15.0. The van der Waals surface area contributed by atoms with E-state index in [2.05, 4.69) is 20.6 Å². The van der Waals surface area contributed by atoms with Gasteiger partial charge >= 0.3 is 0 Å². The number of hydrogen-bond donors (Lipinski definition) is 1. The first-order valence-electron chi connectivity index (χ1n) is 7.85. The largest absolute Gasteiger partial charge is 0.355 e. The van der Waals surface area contributed by atoms with E-state index in [-0.39, 0.29) is 5.78 Å². The fraction of sp³-hybridized carbons (Fsp3) is 0.0526. The molecule has 0 unspecified atom stereocenters. The summed E-state index contributed by atoms with van der Waals surface area (Å²) < 4.78 is 1.62. The number of para-hydroxylation sites is 1. The Balaban J connectivity index is 1.78. The average Bonchev–Trinajstić information content (AvgIpc) is 3.17. The molecule has 0 bridgehead atoms. The molecule has 4 aromatic rings. The van der Waals surface area contributed by atoms with Crippen molar-refractivity contribution < 1.29 is 4.79 Å². The van der Waals surface area contributed by atoms with Gasteiger partial charge in [-0.15, -0.1) is 5.10 Å². The second-order valence-corrected chi connectivity index (χ2v) is 5.65. The zero-order chi connectivity index (χ0) is 17.2. The highest BCUT2D eigenvalue weighted by molar-refractivity contribution is 5.96. The number of pyridine rings is 1. The van der Waals surface area contributed by atoms with Crippen molar-refractivity contribution in [3.05, 3.63) is 72.6 Å². The molecule has 0 amide bonds. The van der Waals surface area contributed by atoms with Crippen LogP contribution in [-0.2, 0) is 0 Å². The van der Waals surface area contributed by atoms with Crippen LogP contribution in [0.5, 0.6) is 0 Å². The number of hydrogen-bond acceptors (Lipinski definition) is 5. The molecular formula is C19H15N5O. The summed E-state index contributed by atoms with van der Waals surface area (Å²) in [6, 6.07) is 17.2. The van der Waals surface area contributed by atoms with Crippen LogP contribution in [0.2, 0.25) is 0 Å². The van der Waals surface area contributed by atoms with Gasteiger partial charge in [0.1, 0.15) is 0 Å². The minimum Gasteiger partial charge on any atom is -0.355 e. The Bertz CT molecular complexity index is 1040. The van der Waals surface area contributed by atoms with Gasteiger partial charge in [0.25, 0.3) is 0 Å². The number of carbonyl (C=O) groups is 1. The molecule has 0 saturated heterocycles. The number of carbonyl (C=O) groups excluding carboxylic acids is 1. The van der Waals surface area contributed by atoms with Gasteiger partial charge in [0.15, 0.2) is 11.6 Å². The lowest BCUT2D eigenvalue weighted by Crippen LogP contribution is -2.02. The summed E-state index contributed by atoms with van der Waals surface area (Å²) in [5, 5.41) is 12.3. The van der Waals surface area contributed by atoms with E-state index in [0.29, 0.717) is 11.4 Å². The molecule has 6 heteroatoms. The zero-order valence-corrected chi connectivity index (χ0v) is 13.5. The first-order valence-corrected chi connectivity index (χ1v) is 7.85. The van der Waals surface area contributed by atoms with E-state index in [1.165, 1.54) is 0 Å². The van der Waals surface area contributed by atoms with Gasteiger partial charge in [-0.05, 0) is 37.3 Å². The molecule has 25 heavy (non-hydrogen) atoms. The van der Waals surface area contributed by atoms with Crippen molar-refractivity contribution >= 4 is 28.1 Å². The van der Waals surface area contributed by atoms with Gasteiger partial charge in [0, 0.05) is 22.7 Å². The summed E-state index contributed by atoms with van der Waals surface area (Å²) in [6.45, 7) is 1.56. The number of fused-ring (bicyclic) bond motifs is 1. The smallest absolute Gasteiger partial charge is 0.159 e. The Kier molecular flexibility index (Phi) is 3.70. The summed E-state index contributed by atoms with van der Waals surface area (Å²) in [4.78, 5) is 16.1. The molecule has 6 nitrogen and oxygen atoms in total. The number of nitrogens with one attached hydrogen (secondary N) is 1. The van der Waals surface area contributed by atoms with Crippen LogP contribution < -0.4 is 5.32 Å². The molecule has 0 aliphatic carbocycles. The van der Waals surface area contributed by atoms with Crippen molar-refractivity contribution in [1.29, 1.82) is 0 Å². The van der Waals surface area contributed by atoms with Crippen LogP contribution in [0.25, 0.3) is 16.7 Å². The average molecular weight is 329 g/mol. The first-order chi connectivity index (χ1) is 12.2. The lowest BCUT2D eigenvalue weighted by molar-refractivity contribution is 0.101. The molecule has 0 aliphatic heterocycles. The van der Waals surface area contributed by atoms with Crippen molar-refractivity contribution in [2.45, 2.75) is 6.92 Å². The number of aromatic nitrogens is 4. The van der Waals surface area contributed by atoms with Crippen molar-refractivity contribution in [3.63, 3.8) is 0 Å². The lowest BCUT2D eigenvalue weighted by atomic mass is 10.1. The third-order valence-corrected chi connectivity index (χ3v) is 3.93. The summed E-state index contributed by atoms with van der Waals surface area (Å²) >= 11 is 0. The normalized spacial score (nSPS) is 10.8. The molecule has 0 radical (unpaired) electrons. The van der Waals surface area contributed by atoms with Crippen molar-refractivity contribution in [1.82, 2.24) is 20.0 Å². The predicted octanol–water partition coefficient (Wildman–Crippen LogP) is 3.76. The maximum Gasteiger partial charge on any atom is 0.159 e. The molecule has 0 spiro atoms. The molecular weight excluding hydrogens is 314 g/mol. The standard InChI is InChI=1S/C19H15N5O/c1-13(25)14-6-8-15(9-7-14)21-18-12-19(24-11-10-20-23-24)22-17-5-3-2-4-16(17)18/h2-12H,1H3,(H,21,22). The molecule has 0 atom stereocenters. The highest BCUT2D eigenvalue weighted by Gasteiger charge is 2.08. The molecule has 4 rings (SSSR count). The predicted molar refractivity (Wildman–Crippen MR) is 96.4 cm³/mol. The van der Waals surface area contributed by atoms with E-state index in [0.717, 1.165) is 22.3 Å². The molecule has 2 aromatic heterocycles. The van der Waals surface area contributed by atoms with Crippen molar-refractivity contribution in [2.75, 3.05) is 5.32 Å². The van der Waals surface area contributed by atoms with Gasteiger partial charge in [-0.3, -0.25) is 4.79 Å². The monoisotopic (exact) mass is 329 g/mol. The highest BCUT2D eigenvalue weighted by atomic mass is 16.1. The summed E-state index contributed by atoms with van der Waals surface area (Å²) in [6.07, 6.45) is 3.37. The maximum absolute atomic E-state index is 11.4. The molecule has 0 aliphatic rings. The Hall–Kier alpha value is -3.54. The molecule has 0 fully saturated rings. The van der Waals surface area contributed by atoms with E-state index in [9.17, 15) is 4.79 Å². The number of nitrogens with zero attached hydrogens (tertiary/aromatic N) is 4. The van der Waals surface area contributed by atoms with Gasteiger partial charge in [-0.2, -0.15) is 0 Å². The third-order valence-electron chi connectivity index (χ3n) is 3.93. The van der Waals surface area contributed by atoms with E-state index in [4.69, 9.17) is 0 Å². The second-order valence-electron chi connectivity index (χ2n) is 5.65. The lowest BCUT2D eigenvalue weighted by Gasteiger charge is -2.12. The summed E-state index contributed by atoms with van der Waals surface area (Å²) in [7, 11) is 0. The second kappa shape index (κ2) is 6.16. The Morgan fingerprint density at radius 2 is 1.88 bits per heavy atom. The quantitative estimate of drug-likeness (QED) is 0.577. The Morgan fingerprint density at radius 1 is 1.08 bits per heavy atom. The van der Waals surface area contributed by atoms with Crippen molar-refractivity contribution in [2.24, 2.45) is 0 Å². The molecule has 2 aromatic carbocycles. The van der Waals surface area contributed by atoms with Crippen LogP contribution >= 0.6 is 0 Å². The van der Waals surface area contributed by atoms with Crippen LogP contribution in [0.4, 0.5) is 11.4 Å². The number of rotatable bonds is 4. The van der Waals surface area contributed by atoms with Crippen LogP contribution in [0.3, 0.4) is 0 Å². The van der Waals surface area contributed by atoms with Gasteiger partial charge in [0.05, 0.1) is 23.6 Å². The van der Waals surface area contributed by atoms with Crippen molar-refractivity contribution in [3.8, 4) is 5.82 Å². The highest BCUT2D eigenvalue weighted by Crippen LogP contribution is 2.27. The van der Waals surface area contributed by atoms with E-state index < -0.39 is 0 Å². The van der Waals surface area contributed by atoms with Crippen LogP contribution in [0.15, 0.2) is 67.0 Å². The Morgan fingerprint density at radius 3 is 2.60 bits per heavy atom. The zero-order valence-electron chi connectivity index (χ0n) is 13.5. The minimum absolute atomic E-state index is 0.0504. The van der Waals surface area contributed by atoms with Gasteiger partial charge in [-0.25, -0.2) is 9.67 Å². The molecule has 122 valence electrons. The van der Waals surface area contributed by atoms with E-state index >= 15 is 0 Å². The fourth-order valence-electron chi connectivity index (χ4n) is 2.66. The molecule has 2 heterocycles. The summed E-state index contributed by atoms with van der Waals surface area (Å²) in [5.41, 5.74) is 3.35. The maximum atomic E-state index is 11.4. The van der Waals surface area contributed by atoms with E-state index in [1.807, 2.05) is 54.6 Å². The van der Waals surface area contributed by atoms with Crippen LogP contribution in [0, 0.1) is 0 Å². The van der Waals surface area contributed by atoms with Gasteiger partial charge < -0.3 is 5.32 Å². The number of anilines is 2. The molecule has 0 saturated carbocycles. The van der Waals surface area contributed by atoms with Gasteiger partial charge in [0.2, 0.25) is 0 Å². The topological polar surface area (TPSA) is 72.7 Å². The SMILES string of the molecule is CC(=O)c1ccc(Nc2cc(-n3ccnn3)nc3ccccc23)cc1. The third kappa shape index (κ3) is 2.97.